The summed E-state index contributed by atoms with van der Waals surface area (Å²) >= 11 is 0. The fourth-order valence-corrected chi connectivity index (χ4v) is 2.90. The Labute approximate surface area is 178 Å². The molecule has 31 heavy (non-hydrogen) atoms. The van der Waals surface area contributed by atoms with Gasteiger partial charge in [-0.05, 0) is 48.4 Å². The molecule has 0 unspecified atom stereocenters. The highest BCUT2D eigenvalue weighted by Crippen LogP contribution is 2.30. The largest absolute Gasteiger partial charge is 0.490 e. The number of amides is 4. The summed E-state index contributed by atoms with van der Waals surface area (Å²) in [7, 11) is 0. The minimum atomic E-state index is -0.786. The highest BCUT2D eigenvalue weighted by molar-refractivity contribution is 6.31. The van der Waals surface area contributed by atoms with Crippen molar-refractivity contribution in [1.29, 1.82) is 0 Å². The van der Waals surface area contributed by atoms with E-state index in [9.17, 15) is 18.8 Å². The van der Waals surface area contributed by atoms with Gasteiger partial charge in [0.2, 0.25) is 0 Å². The summed E-state index contributed by atoms with van der Waals surface area (Å²) in [6, 6.07) is 10.1. The van der Waals surface area contributed by atoms with Crippen molar-refractivity contribution in [3.05, 3.63) is 77.6 Å². The first-order chi connectivity index (χ1) is 14.9. The van der Waals surface area contributed by atoms with Crippen molar-refractivity contribution in [1.82, 2.24) is 10.2 Å². The molecule has 0 spiro atoms. The molecule has 1 N–H and O–H groups in total. The van der Waals surface area contributed by atoms with Gasteiger partial charge in [0.05, 0.1) is 6.61 Å². The second-order valence-electron chi connectivity index (χ2n) is 6.58. The van der Waals surface area contributed by atoms with E-state index in [1.165, 1.54) is 24.3 Å². The predicted octanol–water partition coefficient (Wildman–Crippen LogP) is 3.45. The van der Waals surface area contributed by atoms with Gasteiger partial charge < -0.3 is 9.47 Å². The molecule has 0 aromatic heterocycles. The number of carbonyl (C=O) groups excluding carboxylic acids is 3. The standard InChI is InChI=1S/C23H21FN2O5/c1-3-11-26-22(28)18(21(27)25-23(26)29)12-16-7-10-19(20(13-16)30-4-2)31-14-15-5-8-17(24)9-6-15/h3,5-10,12-13H,1,4,11,14H2,2H3,(H,25,27,29)/b18-12-. The first kappa shape index (κ1) is 21.8. The van der Waals surface area contributed by atoms with Crippen LogP contribution in [0.1, 0.15) is 18.1 Å². The SMILES string of the molecule is C=CCN1C(=O)NC(=O)/C(=C/c2ccc(OCc3ccc(F)cc3)c(OCC)c2)C1=O. The second kappa shape index (κ2) is 9.71. The molecule has 7 nitrogen and oxygen atoms in total. The number of barbiturate groups is 1. The predicted molar refractivity (Wildman–Crippen MR) is 112 cm³/mol. The van der Waals surface area contributed by atoms with E-state index in [1.54, 1.807) is 30.3 Å². The molecule has 0 radical (unpaired) electrons. The lowest BCUT2D eigenvalue weighted by Gasteiger charge is -2.25. The average Bonchev–Trinajstić information content (AvgIpc) is 2.75. The molecule has 1 heterocycles. The lowest BCUT2D eigenvalue weighted by molar-refractivity contribution is -0.129. The van der Waals surface area contributed by atoms with Crippen molar-refractivity contribution < 1.29 is 28.2 Å². The van der Waals surface area contributed by atoms with Crippen LogP contribution in [0.3, 0.4) is 0 Å². The average molecular weight is 424 g/mol. The van der Waals surface area contributed by atoms with Crippen molar-refractivity contribution in [2.24, 2.45) is 0 Å². The number of halogens is 1. The van der Waals surface area contributed by atoms with E-state index in [0.717, 1.165) is 10.5 Å². The zero-order chi connectivity index (χ0) is 22.4. The van der Waals surface area contributed by atoms with Gasteiger partial charge in [-0.25, -0.2) is 9.18 Å². The van der Waals surface area contributed by atoms with E-state index in [-0.39, 0.29) is 24.5 Å². The molecule has 2 aromatic rings. The molecule has 0 saturated carbocycles. The fourth-order valence-electron chi connectivity index (χ4n) is 2.90. The topological polar surface area (TPSA) is 84.9 Å². The van der Waals surface area contributed by atoms with Crippen LogP contribution in [0.2, 0.25) is 0 Å². The summed E-state index contributed by atoms with van der Waals surface area (Å²) in [6.45, 7) is 5.88. The molecule has 0 bridgehead atoms. The minimum Gasteiger partial charge on any atom is -0.490 e. The first-order valence-corrected chi connectivity index (χ1v) is 9.56. The van der Waals surface area contributed by atoms with Crippen LogP contribution in [-0.2, 0) is 16.2 Å². The van der Waals surface area contributed by atoms with Crippen molar-refractivity contribution in [3.63, 3.8) is 0 Å². The first-order valence-electron chi connectivity index (χ1n) is 9.56. The minimum absolute atomic E-state index is 0.0182. The van der Waals surface area contributed by atoms with Gasteiger partial charge in [0.1, 0.15) is 18.0 Å². The second-order valence-corrected chi connectivity index (χ2v) is 6.58. The molecule has 1 aliphatic rings. The number of carbonyl (C=O) groups is 3. The molecule has 160 valence electrons. The third-order valence-electron chi connectivity index (χ3n) is 4.38. The van der Waals surface area contributed by atoms with Gasteiger partial charge in [-0.2, -0.15) is 0 Å². The lowest BCUT2D eigenvalue weighted by atomic mass is 10.1. The fraction of sp³-hybridized carbons (Fsp3) is 0.174. The Bertz CT molecular complexity index is 1050. The summed E-state index contributed by atoms with van der Waals surface area (Å²) in [4.78, 5) is 37.4. The molecule has 0 atom stereocenters. The van der Waals surface area contributed by atoms with Gasteiger partial charge in [0.15, 0.2) is 11.5 Å². The van der Waals surface area contributed by atoms with E-state index >= 15 is 0 Å². The maximum Gasteiger partial charge on any atom is 0.331 e. The van der Waals surface area contributed by atoms with E-state index < -0.39 is 17.8 Å². The summed E-state index contributed by atoms with van der Waals surface area (Å²) < 4.78 is 24.5. The highest BCUT2D eigenvalue weighted by atomic mass is 19.1. The Morgan fingerprint density at radius 1 is 1.06 bits per heavy atom. The van der Waals surface area contributed by atoms with E-state index in [4.69, 9.17) is 9.47 Å². The van der Waals surface area contributed by atoms with Crippen molar-refractivity contribution in [3.8, 4) is 11.5 Å². The Morgan fingerprint density at radius 2 is 1.81 bits per heavy atom. The van der Waals surface area contributed by atoms with Crippen molar-refractivity contribution in [2.75, 3.05) is 13.2 Å². The number of hydrogen-bond donors (Lipinski definition) is 1. The summed E-state index contributed by atoms with van der Waals surface area (Å²) in [5.41, 5.74) is 1.12. The molecule has 1 fully saturated rings. The number of ether oxygens (including phenoxy) is 2. The third kappa shape index (κ3) is 5.16. The van der Waals surface area contributed by atoms with Gasteiger partial charge in [0, 0.05) is 6.54 Å². The van der Waals surface area contributed by atoms with Gasteiger partial charge in [-0.3, -0.25) is 19.8 Å². The van der Waals surface area contributed by atoms with Crippen LogP contribution in [0.5, 0.6) is 11.5 Å². The smallest absolute Gasteiger partial charge is 0.331 e. The summed E-state index contributed by atoms with van der Waals surface area (Å²) in [5.74, 6) is -0.934. The van der Waals surface area contributed by atoms with Crippen LogP contribution in [0.15, 0.2) is 60.7 Å². The van der Waals surface area contributed by atoms with Gasteiger partial charge in [-0.1, -0.05) is 24.3 Å². The van der Waals surface area contributed by atoms with Crippen LogP contribution in [0.4, 0.5) is 9.18 Å². The number of nitrogens with one attached hydrogen (secondary N) is 1. The van der Waals surface area contributed by atoms with Gasteiger partial charge >= 0.3 is 6.03 Å². The zero-order valence-electron chi connectivity index (χ0n) is 16.9. The molecule has 4 amide bonds. The Morgan fingerprint density at radius 3 is 2.48 bits per heavy atom. The molecule has 1 aliphatic heterocycles. The number of urea groups is 1. The van der Waals surface area contributed by atoms with Crippen LogP contribution < -0.4 is 14.8 Å². The Balaban J connectivity index is 1.84. The summed E-state index contributed by atoms with van der Waals surface area (Å²) in [5, 5.41) is 2.14. The zero-order valence-corrected chi connectivity index (χ0v) is 16.9. The Kier molecular flexibility index (Phi) is 6.81. The molecule has 1 saturated heterocycles. The molecule has 3 rings (SSSR count). The number of imide groups is 2. The number of hydrogen-bond acceptors (Lipinski definition) is 5. The van der Waals surface area contributed by atoms with Crippen LogP contribution in [-0.4, -0.2) is 35.9 Å². The number of nitrogens with zero attached hydrogens (tertiary/aromatic N) is 1. The number of benzene rings is 2. The van der Waals surface area contributed by atoms with Crippen molar-refractivity contribution >= 4 is 23.9 Å². The maximum absolute atomic E-state index is 13.0. The lowest BCUT2D eigenvalue weighted by Crippen LogP contribution is -2.54. The van der Waals surface area contributed by atoms with Crippen LogP contribution in [0, 0.1) is 5.82 Å². The molecular formula is C23H21FN2O5. The van der Waals surface area contributed by atoms with E-state index in [1.807, 2.05) is 6.92 Å². The molecule has 2 aromatic carbocycles. The molecule has 8 heteroatoms. The Hall–Kier alpha value is -3.94. The van der Waals surface area contributed by atoms with Crippen molar-refractivity contribution in [2.45, 2.75) is 13.5 Å². The van der Waals surface area contributed by atoms with Gasteiger partial charge in [0.25, 0.3) is 11.8 Å². The quantitative estimate of drug-likeness (QED) is 0.399. The van der Waals surface area contributed by atoms with Crippen LogP contribution >= 0.6 is 0 Å². The van der Waals surface area contributed by atoms with E-state index in [0.29, 0.717) is 23.7 Å². The molecular weight excluding hydrogens is 403 g/mol. The number of rotatable bonds is 8. The van der Waals surface area contributed by atoms with Crippen LogP contribution in [0.25, 0.3) is 6.08 Å². The molecule has 0 aliphatic carbocycles. The highest BCUT2D eigenvalue weighted by Gasteiger charge is 2.34. The third-order valence-corrected chi connectivity index (χ3v) is 4.38. The summed E-state index contributed by atoms with van der Waals surface area (Å²) in [6.07, 6.45) is 2.78. The normalized spacial score (nSPS) is 15.1. The maximum atomic E-state index is 13.0. The monoisotopic (exact) mass is 424 g/mol. The van der Waals surface area contributed by atoms with Gasteiger partial charge in [-0.15, -0.1) is 6.58 Å². The van der Waals surface area contributed by atoms with E-state index in [2.05, 4.69) is 11.9 Å².